The number of rotatable bonds is 1. The number of nitrogens with zero attached hydrogens (tertiary/aromatic N) is 1. The number of amides is 3. The van der Waals surface area contributed by atoms with Crippen molar-refractivity contribution >= 4 is 23.8 Å². The van der Waals surface area contributed by atoms with Crippen LogP contribution in [0.5, 0.6) is 0 Å². The molecule has 1 fully saturated rings. The first-order valence-corrected chi connectivity index (χ1v) is 5.92. The van der Waals surface area contributed by atoms with Crippen LogP contribution in [0.1, 0.15) is 19.4 Å². The van der Waals surface area contributed by atoms with Gasteiger partial charge in [-0.1, -0.05) is 30.3 Å². The third-order valence-corrected chi connectivity index (χ3v) is 2.92. The van der Waals surface area contributed by atoms with Crippen molar-refractivity contribution in [2.45, 2.75) is 19.9 Å². The van der Waals surface area contributed by atoms with Crippen molar-refractivity contribution in [2.24, 2.45) is 0 Å². The zero-order chi connectivity index (χ0) is 14.0. The van der Waals surface area contributed by atoms with Crippen molar-refractivity contribution in [1.29, 1.82) is 0 Å². The molecule has 1 aromatic rings. The average molecular weight is 258 g/mol. The smallest absolute Gasteiger partial charge is 0.277 e. The molecule has 19 heavy (non-hydrogen) atoms. The number of nitrogens with one attached hydrogen (secondary N) is 1. The molecule has 0 bridgehead atoms. The second-order valence-electron chi connectivity index (χ2n) is 4.33. The lowest BCUT2D eigenvalue weighted by Crippen LogP contribution is -2.57. The van der Waals surface area contributed by atoms with Gasteiger partial charge in [0.15, 0.2) is 0 Å². The molecule has 0 radical (unpaired) electrons. The van der Waals surface area contributed by atoms with Gasteiger partial charge in [0.05, 0.1) is 0 Å². The molecule has 1 N–H and O–H groups in total. The number of carbonyl (C=O) groups excluding carboxylic acids is 3. The zero-order valence-corrected chi connectivity index (χ0v) is 10.7. The normalized spacial score (nSPS) is 21.5. The molecule has 1 aromatic carbocycles. The van der Waals surface area contributed by atoms with Crippen molar-refractivity contribution in [2.75, 3.05) is 0 Å². The maximum atomic E-state index is 12.1. The molecular weight excluding hydrogens is 244 g/mol. The Kier molecular flexibility index (Phi) is 3.46. The topological polar surface area (TPSA) is 66.5 Å². The minimum Gasteiger partial charge on any atom is -0.320 e. The summed E-state index contributed by atoms with van der Waals surface area (Å²) in [5, 5.41) is 2.53. The number of hydrogen-bond acceptors (Lipinski definition) is 3. The molecule has 1 saturated heterocycles. The van der Waals surface area contributed by atoms with Crippen molar-refractivity contribution in [3.05, 3.63) is 41.6 Å². The average Bonchev–Trinajstić information content (AvgIpc) is 2.37. The fraction of sp³-hybridized carbons (Fsp3) is 0.214. The summed E-state index contributed by atoms with van der Waals surface area (Å²) in [5.41, 5.74) is 0.897. The molecule has 1 aliphatic heterocycles. The largest absolute Gasteiger partial charge is 0.320 e. The number of hydrogen-bond donors (Lipinski definition) is 1. The summed E-state index contributed by atoms with van der Waals surface area (Å²) in [6, 6.07) is 8.34. The van der Waals surface area contributed by atoms with Gasteiger partial charge in [0.2, 0.25) is 11.8 Å². The summed E-state index contributed by atoms with van der Waals surface area (Å²) < 4.78 is 0. The molecule has 0 spiro atoms. The summed E-state index contributed by atoms with van der Waals surface area (Å²) >= 11 is 0. The fourth-order valence-electron chi connectivity index (χ4n) is 1.94. The monoisotopic (exact) mass is 258 g/mol. The van der Waals surface area contributed by atoms with E-state index in [2.05, 4.69) is 5.32 Å². The van der Waals surface area contributed by atoms with E-state index in [1.807, 2.05) is 30.3 Å². The van der Waals surface area contributed by atoms with Crippen LogP contribution >= 0.6 is 0 Å². The third-order valence-electron chi connectivity index (χ3n) is 2.92. The maximum Gasteiger partial charge on any atom is 0.277 e. The first-order valence-electron chi connectivity index (χ1n) is 5.92. The van der Waals surface area contributed by atoms with Crippen LogP contribution in [0.4, 0.5) is 0 Å². The highest BCUT2D eigenvalue weighted by Crippen LogP contribution is 2.15. The van der Waals surface area contributed by atoms with Gasteiger partial charge in [-0.3, -0.25) is 19.3 Å². The Labute approximate surface area is 110 Å². The van der Waals surface area contributed by atoms with Gasteiger partial charge in [-0.05, 0) is 18.6 Å². The Balaban J connectivity index is 2.37. The Hall–Kier alpha value is -2.43. The van der Waals surface area contributed by atoms with Gasteiger partial charge in [0, 0.05) is 6.92 Å². The summed E-state index contributed by atoms with van der Waals surface area (Å²) in [5.74, 6) is -1.29. The van der Waals surface area contributed by atoms with Crippen LogP contribution in [0.3, 0.4) is 0 Å². The van der Waals surface area contributed by atoms with Crippen LogP contribution in [-0.2, 0) is 14.4 Å². The van der Waals surface area contributed by atoms with Gasteiger partial charge in [-0.25, -0.2) is 0 Å². The van der Waals surface area contributed by atoms with Crippen LogP contribution in [0, 0.1) is 0 Å². The minimum atomic E-state index is -0.780. The molecule has 0 aromatic heterocycles. The van der Waals surface area contributed by atoms with Crippen LogP contribution in [0.25, 0.3) is 6.08 Å². The lowest BCUT2D eigenvalue weighted by molar-refractivity contribution is -0.151. The van der Waals surface area contributed by atoms with E-state index in [-0.39, 0.29) is 11.6 Å². The van der Waals surface area contributed by atoms with Crippen molar-refractivity contribution in [1.82, 2.24) is 10.2 Å². The predicted molar refractivity (Wildman–Crippen MR) is 69.6 cm³/mol. The molecule has 1 atom stereocenters. The van der Waals surface area contributed by atoms with Crippen LogP contribution < -0.4 is 5.32 Å². The van der Waals surface area contributed by atoms with Gasteiger partial charge in [-0.15, -0.1) is 0 Å². The SMILES string of the molecule is CC(=O)N1C(=O)/C(=C/c2ccccc2)NC(=O)C1C. The van der Waals surface area contributed by atoms with Gasteiger partial charge < -0.3 is 5.32 Å². The van der Waals surface area contributed by atoms with E-state index >= 15 is 0 Å². The lowest BCUT2D eigenvalue weighted by Gasteiger charge is -2.31. The summed E-state index contributed by atoms with van der Waals surface area (Å²) in [4.78, 5) is 36.3. The van der Waals surface area contributed by atoms with E-state index in [9.17, 15) is 14.4 Å². The molecule has 98 valence electrons. The quantitative estimate of drug-likeness (QED) is 0.762. The second-order valence-corrected chi connectivity index (χ2v) is 4.33. The summed E-state index contributed by atoms with van der Waals surface area (Å²) in [6.45, 7) is 2.79. The molecule has 1 heterocycles. The molecule has 2 rings (SSSR count). The van der Waals surface area contributed by atoms with Crippen molar-refractivity contribution in [3.8, 4) is 0 Å². The third kappa shape index (κ3) is 2.54. The van der Waals surface area contributed by atoms with E-state index in [0.29, 0.717) is 0 Å². The molecule has 1 aliphatic rings. The van der Waals surface area contributed by atoms with Gasteiger partial charge in [-0.2, -0.15) is 0 Å². The molecule has 1 unspecified atom stereocenters. The first kappa shape index (κ1) is 13.0. The highest BCUT2D eigenvalue weighted by atomic mass is 16.2. The van der Waals surface area contributed by atoms with E-state index < -0.39 is 17.9 Å². The predicted octanol–water partition coefficient (Wildman–Crippen LogP) is 0.921. The van der Waals surface area contributed by atoms with E-state index in [1.165, 1.54) is 13.8 Å². The van der Waals surface area contributed by atoms with Gasteiger partial charge in [0.1, 0.15) is 11.7 Å². The van der Waals surface area contributed by atoms with E-state index in [4.69, 9.17) is 0 Å². The number of carbonyl (C=O) groups is 3. The molecule has 5 nitrogen and oxygen atoms in total. The molecular formula is C14H14N2O3. The second kappa shape index (κ2) is 5.06. The zero-order valence-electron chi connectivity index (χ0n) is 10.7. The highest BCUT2D eigenvalue weighted by Gasteiger charge is 2.36. The number of benzene rings is 1. The van der Waals surface area contributed by atoms with Crippen molar-refractivity contribution < 1.29 is 14.4 Å². The Bertz CT molecular complexity index is 563. The number of imide groups is 1. The van der Waals surface area contributed by atoms with Gasteiger partial charge in [0.25, 0.3) is 5.91 Å². The molecule has 0 aliphatic carbocycles. The molecule has 5 heteroatoms. The van der Waals surface area contributed by atoms with E-state index in [0.717, 1.165) is 10.5 Å². The Morgan fingerprint density at radius 2 is 1.89 bits per heavy atom. The van der Waals surface area contributed by atoms with Crippen LogP contribution in [0.2, 0.25) is 0 Å². The first-order chi connectivity index (χ1) is 9.00. The highest BCUT2D eigenvalue weighted by molar-refractivity contribution is 6.13. The summed E-state index contributed by atoms with van der Waals surface area (Å²) in [7, 11) is 0. The lowest BCUT2D eigenvalue weighted by atomic mass is 10.1. The minimum absolute atomic E-state index is 0.115. The standard InChI is InChI=1S/C14H14N2O3/c1-9-13(18)15-12(14(19)16(9)10(2)17)8-11-6-4-3-5-7-11/h3-9H,1-2H3,(H,15,18)/b12-8-. The molecule has 3 amide bonds. The maximum absolute atomic E-state index is 12.1. The Morgan fingerprint density at radius 3 is 2.47 bits per heavy atom. The number of piperazine rings is 1. The molecule has 0 saturated carbocycles. The summed E-state index contributed by atoms with van der Waals surface area (Å²) in [6.07, 6.45) is 1.56. The fourth-order valence-corrected chi connectivity index (χ4v) is 1.94. The van der Waals surface area contributed by atoms with Crippen LogP contribution in [-0.4, -0.2) is 28.7 Å². The van der Waals surface area contributed by atoms with Gasteiger partial charge >= 0.3 is 0 Å². The van der Waals surface area contributed by atoms with Crippen molar-refractivity contribution in [3.63, 3.8) is 0 Å². The van der Waals surface area contributed by atoms with Crippen LogP contribution in [0.15, 0.2) is 36.0 Å². The Morgan fingerprint density at radius 1 is 1.26 bits per heavy atom. The van der Waals surface area contributed by atoms with E-state index in [1.54, 1.807) is 6.08 Å².